The van der Waals surface area contributed by atoms with Gasteiger partial charge < -0.3 is 4.55 Å². The predicted molar refractivity (Wildman–Crippen MR) is 39.5 cm³/mol. The minimum atomic E-state index is -0.719. The maximum Gasteiger partial charge on any atom is 0.115 e. The van der Waals surface area contributed by atoms with Crippen molar-refractivity contribution in [2.24, 2.45) is 0 Å². The highest BCUT2D eigenvalue weighted by Crippen LogP contribution is 2.11. The summed E-state index contributed by atoms with van der Waals surface area (Å²) in [5.74, 6) is 0. The van der Waals surface area contributed by atoms with Crippen LogP contribution in [0, 0.1) is 0 Å². The van der Waals surface area contributed by atoms with Gasteiger partial charge in [0.1, 0.15) is 6.26 Å². The summed E-state index contributed by atoms with van der Waals surface area (Å²) >= 11 is -0.719. The minimum absolute atomic E-state index is 0.719. The standard InChI is InChI=1S/C6H13NOS/c1-9(8)7-5-3-2-4-6-7/h2-6H2,1H3/t9-/m0/s1. The number of rotatable bonds is 1. The third-order valence-electron chi connectivity index (χ3n) is 1.68. The fourth-order valence-electron chi connectivity index (χ4n) is 1.12. The molecule has 1 atom stereocenters. The summed E-state index contributed by atoms with van der Waals surface area (Å²) in [4.78, 5) is 0. The first-order valence-corrected chi connectivity index (χ1v) is 4.90. The van der Waals surface area contributed by atoms with Crippen LogP contribution in [0.1, 0.15) is 19.3 Å². The fourth-order valence-corrected chi connectivity index (χ4v) is 1.89. The second-order valence-corrected chi connectivity index (χ2v) is 3.78. The van der Waals surface area contributed by atoms with Gasteiger partial charge in [-0.2, -0.15) is 0 Å². The first-order valence-electron chi connectivity index (χ1n) is 3.39. The quantitative estimate of drug-likeness (QED) is 0.512. The lowest BCUT2D eigenvalue weighted by atomic mass is 10.2. The molecule has 1 heterocycles. The highest BCUT2D eigenvalue weighted by molar-refractivity contribution is 7.88. The highest BCUT2D eigenvalue weighted by atomic mass is 32.2. The van der Waals surface area contributed by atoms with Crippen molar-refractivity contribution in [1.29, 1.82) is 0 Å². The van der Waals surface area contributed by atoms with Gasteiger partial charge in [-0.25, -0.2) is 0 Å². The largest absolute Gasteiger partial charge is 0.598 e. The van der Waals surface area contributed by atoms with Crippen LogP contribution in [0.3, 0.4) is 0 Å². The number of piperidine rings is 1. The molecule has 0 bridgehead atoms. The SMILES string of the molecule is C[S@+]([O-])N1CCCCC1. The molecule has 1 aliphatic rings. The molecule has 1 saturated heterocycles. The second kappa shape index (κ2) is 3.44. The van der Waals surface area contributed by atoms with Crippen LogP contribution >= 0.6 is 0 Å². The summed E-state index contributed by atoms with van der Waals surface area (Å²) in [5, 5.41) is 0. The normalized spacial score (nSPS) is 26.0. The molecule has 0 unspecified atom stereocenters. The van der Waals surface area contributed by atoms with Crippen molar-refractivity contribution >= 4 is 11.4 Å². The highest BCUT2D eigenvalue weighted by Gasteiger charge is 2.16. The molecular weight excluding hydrogens is 134 g/mol. The number of nitrogens with zero attached hydrogens (tertiary/aromatic N) is 1. The van der Waals surface area contributed by atoms with Gasteiger partial charge in [0, 0.05) is 24.5 Å². The molecule has 0 aromatic carbocycles. The van der Waals surface area contributed by atoms with Crippen LogP contribution in [0.5, 0.6) is 0 Å². The molecule has 0 amide bonds. The van der Waals surface area contributed by atoms with Crippen molar-refractivity contribution in [3.8, 4) is 0 Å². The molecule has 1 aliphatic heterocycles. The fraction of sp³-hybridized carbons (Fsp3) is 1.00. The topological polar surface area (TPSA) is 26.3 Å². The maximum atomic E-state index is 10.8. The molecule has 0 radical (unpaired) electrons. The van der Waals surface area contributed by atoms with E-state index in [1.54, 1.807) is 6.26 Å². The van der Waals surface area contributed by atoms with E-state index in [1.807, 2.05) is 4.31 Å². The van der Waals surface area contributed by atoms with Gasteiger partial charge in [-0.15, -0.1) is 4.31 Å². The molecule has 0 N–H and O–H groups in total. The Balaban J connectivity index is 2.23. The summed E-state index contributed by atoms with van der Waals surface area (Å²) in [6.07, 6.45) is 5.51. The van der Waals surface area contributed by atoms with Gasteiger partial charge in [-0.05, 0) is 12.8 Å². The Kier molecular flexibility index (Phi) is 2.82. The van der Waals surface area contributed by atoms with E-state index in [9.17, 15) is 4.55 Å². The molecule has 0 saturated carbocycles. The van der Waals surface area contributed by atoms with E-state index in [1.165, 1.54) is 19.3 Å². The number of hydrogen-bond acceptors (Lipinski definition) is 2. The van der Waals surface area contributed by atoms with Crippen LogP contribution in [0.2, 0.25) is 0 Å². The average molecular weight is 147 g/mol. The van der Waals surface area contributed by atoms with Crippen molar-refractivity contribution in [1.82, 2.24) is 4.31 Å². The van der Waals surface area contributed by atoms with Gasteiger partial charge in [-0.1, -0.05) is 6.42 Å². The molecule has 1 fully saturated rings. The molecular formula is C6H13NOS. The van der Waals surface area contributed by atoms with Crippen LogP contribution in [0.25, 0.3) is 0 Å². The second-order valence-electron chi connectivity index (χ2n) is 2.41. The van der Waals surface area contributed by atoms with Crippen LogP contribution in [-0.2, 0) is 11.4 Å². The van der Waals surface area contributed by atoms with E-state index in [2.05, 4.69) is 0 Å². The maximum absolute atomic E-state index is 10.8. The molecule has 3 heteroatoms. The summed E-state index contributed by atoms with van der Waals surface area (Å²) in [7, 11) is 0. The monoisotopic (exact) mass is 147 g/mol. The van der Waals surface area contributed by atoms with Crippen molar-refractivity contribution in [3.05, 3.63) is 0 Å². The first-order chi connectivity index (χ1) is 4.30. The van der Waals surface area contributed by atoms with Gasteiger partial charge in [0.25, 0.3) is 0 Å². The first kappa shape index (κ1) is 7.38. The van der Waals surface area contributed by atoms with Crippen LogP contribution < -0.4 is 0 Å². The van der Waals surface area contributed by atoms with Gasteiger partial charge in [0.05, 0.1) is 0 Å². The van der Waals surface area contributed by atoms with E-state index in [4.69, 9.17) is 0 Å². The van der Waals surface area contributed by atoms with Crippen molar-refractivity contribution < 1.29 is 4.55 Å². The molecule has 1 rings (SSSR count). The summed E-state index contributed by atoms with van der Waals surface area (Å²) in [6, 6.07) is 0. The third kappa shape index (κ3) is 2.16. The Hall–Kier alpha value is 0.270. The Morgan fingerprint density at radius 1 is 1.22 bits per heavy atom. The van der Waals surface area contributed by atoms with Gasteiger partial charge >= 0.3 is 0 Å². The molecule has 0 aromatic heterocycles. The zero-order valence-electron chi connectivity index (χ0n) is 5.80. The zero-order chi connectivity index (χ0) is 6.69. The lowest BCUT2D eigenvalue weighted by molar-refractivity contribution is 0.349. The van der Waals surface area contributed by atoms with Gasteiger partial charge in [0.2, 0.25) is 0 Å². The van der Waals surface area contributed by atoms with E-state index in [-0.39, 0.29) is 0 Å². The Morgan fingerprint density at radius 2 is 1.78 bits per heavy atom. The molecule has 0 aliphatic carbocycles. The summed E-state index contributed by atoms with van der Waals surface area (Å²) in [6.45, 7) is 2.06. The third-order valence-corrected chi connectivity index (χ3v) is 2.77. The lowest BCUT2D eigenvalue weighted by Crippen LogP contribution is -2.34. The zero-order valence-corrected chi connectivity index (χ0v) is 6.62. The van der Waals surface area contributed by atoms with E-state index in [0.29, 0.717) is 0 Å². The van der Waals surface area contributed by atoms with E-state index >= 15 is 0 Å². The van der Waals surface area contributed by atoms with Crippen molar-refractivity contribution in [3.63, 3.8) is 0 Å². The van der Waals surface area contributed by atoms with Crippen LogP contribution in [-0.4, -0.2) is 28.2 Å². The predicted octanol–water partition coefficient (Wildman–Crippen LogP) is 0.766. The Labute approximate surface area is 59.5 Å². The smallest absolute Gasteiger partial charge is 0.115 e. The summed E-state index contributed by atoms with van der Waals surface area (Å²) in [5.41, 5.74) is 0. The van der Waals surface area contributed by atoms with Crippen LogP contribution in [0.15, 0.2) is 0 Å². The minimum Gasteiger partial charge on any atom is -0.598 e. The number of hydrogen-bond donors (Lipinski definition) is 0. The molecule has 9 heavy (non-hydrogen) atoms. The van der Waals surface area contributed by atoms with Crippen molar-refractivity contribution in [2.45, 2.75) is 19.3 Å². The molecule has 2 nitrogen and oxygen atoms in total. The summed E-state index contributed by atoms with van der Waals surface area (Å²) < 4.78 is 12.9. The molecule has 54 valence electrons. The lowest BCUT2D eigenvalue weighted by Gasteiger charge is -2.24. The van der Waals surface area contributed by atoms with Crippen LogP contribution in [0.4, 0.5) is 0 Å². The van der Waals surface area contributed by atoms with Gasteiger partial charge in [0.15, 0.2) is 0 Å². The van der Waals surface area contributed by atoms with E-state index in [0.717, 1.165) is 13.1 Å². The Bertz CT molecular complexity index is 81.1. The molecule has 0 spiro atoms. The van der Waals surface area contributed by atoms with E-state index < -0.39 is 11.4 Å². The van der Waals surface area contributed by atoms with Crippen molar-refractivity contribution in [2.75, 3.05) is 19.3 Å². The molecule has 0 aromatic rings. The Morgan fingerprint density at radius 3 is 2.11 bits per heavy atom. The van der Waals surface area contributed by atoms with Gasteiger partial charge in [-0.3, -0.25) is 0 Å². The average Bonchev–Trinajstić information content (AvgIpc) is 1.90.